The Morgan fingerprint density at radius 2 is 2.04 bits per heavy atom. The highest BCUT2D eigenvalue weighted by atomic mass is 35.5. The summed E-state index contributed by atoms with van der Waals surface area (Å²) >= 11 is 7.14. The predicted octanol–water partition coefficient (Wildman–Crippen LogP) is 3.62. The number of nitrogens with one attached hydrogen (secondary N) is 1. The van der Waals surface area contributed by atoms with Crippen molar-refractivity contribution in [2.45, 2.75) is 33.4 Å². The van der Waals surface area contributed by atoms with Crippen LogP contribution in [0.25, 0.3) is 10.2 Å². The van der Waals surface area contributed by atoms with Gasteiger partial charge in [-0.15, -0.1) is 11.3 Å². The van der Waals surface area contributed by atoms with E-state index in [2.05, 4.69) is 10.3 Å². The van der Waals surface area contributed by atoms with Crippen molar-refractivity contribution in [3.63, 3.8) is 0 Å². The molecule has 7 nitrogen and oxygen atoms in total. The second-order valence-corrected chi connectivity index (χ2v) is 7.80. The first-order chi connectivity index (χ1) is 13.3. The van der Waals surface area contributed by atoms with Crippen molar-refractivity contribution in [2.75, 3.05) is 5.32 Å². The molecule has 0 atom stereocenters. The van der Waals surface area contributed by atoms with Gasteiger partial charge < -0.3 is 10.1 Å². The lowest BCUT2D eigenvalue weighted by Gasteiger charge is -2.08. The van der Waals surface area contributed by atoms with E-state index in [1.807, 2.05) is 0 Å². The zero-order chi connectivity index (χ0) is 20.4. The van der Waals surface area contributed by atoms with Crippen molar-refractivity contribution in [1.29, 1.82) is 0 Å². The third-order valence-electron chi connectivity index (χ3n) is 3.91. The number of nitrogens with zero attached hydrogens (tertiary/aromatic N) is 2. The summed E-state index contributed by atoms with van der Waals surface area (Å²) in [5.41, 5.74) is 0.572. The number of thiophene rings is 1. The smallest absolute Gasteiger partial charge is 0.348 e. The molecule has 0 aliphatic rings. The molecule has 9 heteroatoms. The van der Waals surface area contributed by atoms with Crippen molar-refractivity contribution >= 4 is 50.7 Å². The SMILES string of the molecule is Cc1c(C(=O)OC(C)C)sc2ncn(CC(=O)Nc3ccccc3Cl)c(=O)c12. The van der Waals surface area contributed by atoms with Gasteiger partial charge in [0.1, 0.15) is 16.3 Å². The van der Waals surface area contributed by atoms with Gasteiger partial charge in [-0.2, -0.15) is 0 Å². The van der Waals surface area contributed by atoms with Crippen molar-refractivity contribution in [3.05, 3.63) is 56.4 Å². The maximum absolute atomic E-state index is 12.8. The molecule has 146 valence electrons. The van der Waals surface area contributed by atoms with Gasteiger partial charge in [0.2, 0.25) is 5.91 Å². The van der Waals surface area contributed by atoms with E-state index in [-0.39, 0.29) is 12.6 Å². The molecule has 0 bridgehead atoms. The normalized spacial score (nSPS) is 11.0. The number of aryl methyl sites for hydroxylation is 1. The van der Waals surface area contributed by atoms with E-state index in [4.69, 9.17) is 16.3 Å². The lowest BCUT2D eigenvalue weighted by atomic mass is 10.2. The average Bonchev–Trinajstić information content (AvgIpc) is 2.96. The van der Waals surface area contributed by atoms with Gasteiger partial charge in [0, 0.05) is 0 Å². The lowest BCUT2D eigenvalue weighted by Crippen LogP contribution is -2.28. The number of halogens is 1. The highest BCUT2D eigenvalue weighted by Crippen LogP contribution is 2.27. The molecule has 3 rings (SSSR count). The maximum Gasteiger partial charge on any atom is 0.348 e. The summed E-state index contributed by atoms with van der Waals surface area (Å²) in [6, 6.07) is 6.82. The number of amides is 1. The largest absolute Gasteiger partial charge is 0.459 e. The Hall–Kier alpha value is -2.71. The van der Waals surface area contributed by atoms with E-state index in [0.29, 0.717) is 31.4 Å². The molecule has 2 aromatic heterocycles. The summed E-state index contributed by atoms with van der Waals surface area (Å²) in [7, 11) is 0. The van der Waals surface area contributed by atoms with Crippen molar-refractivity contribution in [1.82, 2.24) is 9.55 Å². The number of para-hydroxylation sites is 1. The maximum atomic E-state index is 12.8. The molecule has 0 radical (unpaired) electrons. The van der Waals surface area contributed by atoms with Crippen LogP contribution in [0.2, 0.25) is 5.02 Å². The Morgan fingerprint density at radius 3 is 2.71 bits per heavy atom. The van der Waals surface area contributed by atoms with Crippen LogP contribution < -0.4 is 10.9 Å². The quantitative estimate of drug-likeness (QED) is 0.638. The van der Waals surface area contributed by atoms with Gasteiger partial charge in [-0.05, 0) is 38.5 Å². The van der Waals surface area contributed by atoms with Crippen molar-refractivity contribution in [3.8, 4) is 0 Å². The molecule has 0 aliphatic heterocycles. The van der Waals surface area contributed by atoms with E-state index in [1.165, 1.54) is 10.9 Å². The Balaban J connectivity index is 1.89. The number of anilines is 1. The number of ether oxygens (including phenoxy) is 1. The zero-order valence-electron chi connectivity index (χ0n) is 15.5. The van der Waals surface area contributed by atoms with E-state index >= 15 is 0 Å². The van der Waals surface area contributed by atoms with Gasteiger partial charge in [0.05, 0.1) is 28.5 Å². The topological polar surface area (TPSA) is 90.3 Å². The number of carbonyl (C=O) groups excluding carboxylic acids is 2. The predicted molar refractivity (Wildman–Crippen MR) is 109 cm³/mol. The standard InChI is InChI=1S/C19H18ClN3O4S/c1-10(2)27-19(26)16-11(3)15-17(28-16)21-9-23(18(15)25)8-14(24)22-13-7-5-4-6-12(13)20/h4-7,9-10H,8H2,1-3H3,(H,22,24). The van der Waals surface area contributed by atoms with Crippen LogP contribution >= 0.6 is 22.9 Å². The molecule has 0 saturated carbocycles. The first-order valence-electron chi connectivity index (χ1n) is 8.51. The number of hydrogen-bond donors (Lipinski definition) is 1. The van der Waals surface area contributed by atoms with Crippen molar-refractivity contribution < 1.29 is 14.3 Å². The molecule has 28 heavy (non-hydrogen) atoms. The van der Waals surface area contributed by atoms with Gasteiger partial charge in [-0.25, -0.2) is 9.78 Å². The number of hydrogen-bond acceptors (Lipinski definition) is 6. The Morgan fingerprint density at radius 1 is 1.32 bits per heavy atom. The molecule has 0 spiro atoms. The molecule has 1 N–H and O–H groups in total. The minimum atomic E-state index is -0.488. The number of esters is 1. The minimum Gasteiger partial charge on any atom is -0.459 e. The van der Waals surface area contributed by atoms with Gasteiger partial charge in [-0.3, -0.25) is 14.2 Å². The molecule has 0 unspecified atom stereocenters. The Bertz CT molecular complexity index is 1120. The van der Waals surface area contributed by atoms with Crippen LogP contribution in [0.3, 0.4) is 0 Å². The molecular weight excluding hydrogens is 402 g/mol. The van der Waals surface area contributed by atoms with Crippen LogP contribution in [-0.2, 0) is 16.1 Å². The van der Waals surface area contributed by atoms with Crippen LogP contribution in [0.4, 0.5) is 5.69 Å². The number of carbonyl (C=O) groups is 2. The number of fused-ring (bicyclic) bond motifs is 1. The van der Waals surface area contributed by atoms with Crippen LogP contribution in [-0.4, -0.2) is 27.5 Å². The summed E-state index contributed by atoms with van der Waals surface area (Å²) in [5, 5.41) is 3.38. The molecule has 2 heterocycles. The second kappa shape index (κ2) is 8.12. The third-order valence-corrected chi connectivity index (χ3v) is 5.42. The highest BCUT2D eigenvalue weighted by molar-refractivity contribution is 7.20. The van der Waals surface area contributed by atoms with Gasteiger partial charge >= 0.3 is 5.97 Å². The van der Waals surface area contributed by atoms with Gasteiger partial charge in [0.15, 0.2) is 0 Å². The summed E-state index contributed by atoms with van der Waals surface area (Å²) in [4.78, 5) is 42.4. The fourth-order valence-electron chi connectivity index (χ4n) is 2.64. The van der Waals surface area contributed by atoms with E-state index < -0.39 is 17.4 Å². The first-order valence-corrected chi connectivity index (χ1v) is 9.71. The molecule has 3 aromatic rings. The summed E-state index contributed by atoms with van der Waals surface area (Å²) in [6.07, 6.45) is 1.03. The van der Waals surface area contributed by atoms with Crippen molar-refractivity contribution in [2.24, 2.45) is 0 Å². The van der Waals surface area contributed by atoms with Crippen LogP contribution in [0.15, 0.2) is 35.4 Å². The Labute approximate surface area is 169 Å². The van der Waals surface area contributed by atoms with E-state index in [0.717, 1.165) is 11.3 Å². The molecule has 0 aliphatic carbocycles. The fraction of sp³-hybridized carbons (Fsp3) is 0.263. The molecule has 0 fully saturated rings. The molecule has 1 amide bonds. The summed E-state index contributed by atoms with van der Waals surface area (Å²) < 4.78 is 6.42. The number of rotatable bonds is 5. The zero-order valence-corrected chi connectivity index (χ0v) is 17.1. The average molecular weight is 420 g/mol. The summed E-state index contributed by atoms with van der Waals surface area (Å²) in [5.74, 6) is -0.901. The fourth-order valence-corrected chi connectivity index (χ4v) is 3.85. The van der Waals surface area contributed by atoms with Gasteiger partial charge in [-0.1, -0.05) is 23.7 Å². The monoisotopic (exact) mass is 419 g/mol. The van der Waals surface area contributed by atoms with Gasteiger partial charge in [0.25, 0.3) is 5.56 Å². The van der Waals surface area contributed by atoms with E-state index in [1.54, 1.807) is 45.0 Å². The number of aromatic nitrogens is 2. The van der Waals surface area contributed by atoms with Crippen LogP contribution in [0.1, 0.15) is 29.1 Å². The molecule has 0 saturated heterocycles. The lowest BCUT2D eigenvalue weighted by molar-refractivity contribution is -0.116. The van der Waals surface area contributed by atoms with Crippen LogP contribution in [0, 0.1) is 6.92 Å². The molecule has 1 aromatic carbocycles. The minimum absolute atomic E-state index is 0.228. The Kier molecular flexibility index (Phi) is 5.81. The third kappa shape index (κ3) is 4.07. The highest BCUT2D eigenvalue weighted by Gasteiger charge is 2.21. The first kappa shape index (κ1) is 20.0. The van der Waals surface area contributed by atoms with Crippen LogP contribution in [0.5, 0.6) is 0 Å². The van der Waals surface area contributed by atoms with E-state index in [9.17, 15) is 14.4 Å². The molecular formula is C19H18ClN3O4S. The second-order valence-electron chi connectivity index (χ2n) is 6.40. The number of benzene rings is 1. The summed E-state index contributed by atoms with van der Waals surface area (Å²) in [6.45, 7) is 4.95.